The number of nitrogens with zero attached hydrogens (tertiary/aromatic N) is 1. The molecule has 0 aromatic heterocycles. The van der Waals surface area contributed by atoms with Crippen LogP contribution in [-0.2, 0) is 14.0 Å². The van der Waals surface area contributed by atoms with Gasteiger partial charge in [0.05, 0.1) is 24.4 Å². The topological polar surface area (TPSA) is 40.2 Å². The first-order valence-electron chi connectivity index (χ1n) is 11.0. The van der Waals surface area contributed by atoms with Gasteiger partial charge in [-0.2, -0.15) is 0 Å². The minimum absolute atomic E-state index is 0.113. The van der Waals surface area contributed by atoms with Crippen molar-refractivity contribution < 1.29 is 18.8 Å². The normalized spacial score (nSPS) is 21.4. The average Bonchev–Trinajstić information content (AvgIpc) is 3.02. The monoisotopic (exact) mass is 433 g/mol. The van der Waals surface area contributed by atoms with Crippen molar-refractivity contribution >= 4 is 24.0 Å². The lowest BCUT2D eigenvalue weighted by molar-refractivity contribution is 0.00578. The van der Waals surface area contributed by atoms with Gasteiger partial charge in [0, 0.05) is 24.2 Å². The molecule has 1 heterocycles. The zero-order valence-corrected chi connectivity index (χ0v) is 19.8. The summed E-state index contributed by atoms with van der Waals surface area (Å²) in [5.74, 6) is 0.831. The molecule has 168 valence electrons. The van der Waals surface area contributed by atoms with Crippen molar-refractivity contribution in [2.24, 2.45) is 0 Å². The molecule has 1 aliphatic carbocycles. The van der Waals surface area contributed by atoms with Crippen molar-refractivity contribution in [1.29, 1.82) is 0 Å². The summed E-state index contributed by atoms with van der Waals surface area (Å²) in [5.41, 5.74) is 3.51. The van der Waals surface area contributed by atoms with E-state index in [0.717, 1.165) is 34.7 Å². The summed E-state index contributed by atoms with van der Waals surface area (Å²) in [4.78, 5) is 2.23. The molecule has 1 saturated heterocycles. The van der Waals surface area contributed by atoms with Gasteiger partial charge in [-0.05, 0) is 82.1 Å². The number of ether oxygens (including phenoxy) is 2. The molecule has 1 atom stereocenters. The van der Waals surface area contributed by atoms with Crippen LogP contribution >= 0.6 is 0 Å². The van der Waals surface area contributed by atoms with Gasteiger partial charge in [-0.25, -0.2) is 0 Å². The molecule has 32 heavy (non-hydrogen) atoms. The first-order valence-corrected chi connectivity index (χ1v) is 11.0. The summed E-state index contributed by atoms with van der Waals surface area (Å²) < 4.78 is 23.2. The van der Waals surface area contributed by atoms with E-state index in [1.807, 2.05) is 12.1 Å². The fourth-order valence-electron chi connectivity index (χ4n) is 3.87. The van der Waals surface area contributed by atoms with Crippen LogP contribution in [0.1, 0.15) is 34.1 Å². The number of hydrogen-bond acceptors (Lipinski definition) is 5. The molecule has 6 heteroatoms. The van der Waals surface area contributed by atoms with Crippen LogP contribution in [0.2, 0.25) is 0 Å². The second-order valence-corrected chi connectivity index (χ2v) is 9.21. The second-order valence-electron chi connectivity index (χ2n) is 9.21. The number of methoxy groups -OCH3 is 2. The van der Waals surface area contributed by atoms with Crippen LogP contribution in [0.3, 0.4) is 0 Å². The maximum Gasteiger partial charge on any atom is 0.494 e. The Morgan fingerprint density at radius 1 is 0.875 bits per heavy atom. The zero-order chi connectivity index (χ0) is 22.9. The summed E-state index contributed by atoms with van der Waals surface area (Å²) in [6, 6.07) is 16.5. The molecular formula is C26H32BNO4. The van der Waals surface area contributed by atoms with Gasteiger partial charge < -0.3 is 23.7 Å². The summed E-state index contributed by atoms with van der Waals surface area (Å²) in [5, 5.41) is 0. The number of benzene rings is 2. The van der Waals surface area contributed by atoms with E-state index in [2.05, 4.69) is 87.2 Å². The van der Waals surface area contributed by atoms with Crippen molar-refractivity contribution in [1.82, 2.24) is 0 Å². The Labute approximate surface area is 191 Å². The lowest BCUT2D eigenvalue weighted by Crippen LogP contribution is -2.41. The molecule has 2 aromatic carbocycles. The fourth-order valence-corrected chi connectivity index (χ4v) is 3.87. The molecule has 0 amide bonds. The Kier molecular flexibility index (Phi) is 6.21. The number of rotatable bonds is 6. The molecule has 0 bridgehead atoms. The quantitative estimate of drug-likeness (QED) is 0.601. The van der Waals surface area contributed by atoms with E-state index in [1.165, 1.54) is 0 Å². The average molecular weight is 433 g/mol. The van der Waals surface area contributed by atoms with E-state index in [0.29, 0.717) is 0 Å². The first-order chi connectivity index (χ1) is 15.2. The van der Waals surface area contributed by atoms with Crippen molar-refractivity contribution in [3.8, 4) is 5.75 Å². The highest BCUT2D eigenvalue weighted by molar-refractivity contribution is 6.62. The lowest BCUT2D eigenvalue weighted by atomic mass is 9.79. The van der Waals surface area contributed by atoms with Crippen LogP contribution < -0.4 is 15.1 Å². The van der Waals surface area contributed by atoms with Gasteiger partial charge in [-0.1, -0.05) is 24.3 Å². The standard InChI is InChI=1S/C26H32BNO4/c1-25(2)26(3,4)32-27(31-25)19-7-9-20(10-8-19)28(21-11-15-23(29-5)16-12-21)22-13-17-24(30-6)18-14-22/h7-17,24H,18H2,1-6H3. The first kappa shape index (κ1) is 22.7. The lowest BCUT2D eigenvalue weighted by Gasteiger charge is -2.32. The fraction of sp³-hybridized carbons (Fsp3) is 0.385. The molecule has 0 radical (unpaired) electrons. The van der Waals surface area contributed by atoms with E-state index < -0.39 is 0 Å². The number of allylic oxidation sites excluding steroid dienone is 1. The van der Waals surface area contributed by atoms with Crippen molar-refractivity contribution in [3.63, 3.8) is 0 Å². The Bertz CT molecular complexity index is 979. The van der Waals surface area contributed by atoms with Gasteiger partial charge in [-0.3, -0.25) is 0 Å². The molecule has 5 nitrogen and oxygen atoms in total. The Morgan fingerprint density at radius 3 is 1.91 bits per heavy atom. The minimum atomic E-state index is -0.375. The third-order valence-electron chi connectivity index (χ3n) is 6.61. The smallest absolute Gasteiger partial charge is 0.494 e. The Morgan fingerprint density at radius 2 is 1.44 bits per heavy atom. The van der Waals surface area contributed by atoms with Crippen LogP contribution in [0.25, 0.3) is 0 Å². The molecule has 1 aliphatic heterocycles. The van der Waals surface area contributed by atoms with E-state index in [-0.39, 0.29) is 24.4 Å². The largest absolute Gasteiger partial charge is 0.497 e. The minimum Gasteiger partial charge on any atom is -0.497 e. The summed E-state index contributed by atoms with van der Waals surface area (Å²) in [6.45, 7) is 8.29. The SMILES string of the molecule is COc1ccc(N(C2=CCC(OC)C=C2)c2ccc(B3OC(C)(C)C(C)(C)O3)cc2)cc1. The number of anilines is 2. The predicted molar refractivity (Wildman–Crippen MR) is 130 cm³/mol. The van der Waals surface area contributed by atoms with Gasteiger partial charge in [-0.15, -0.1) is 0 Å². The van der Waals surface area contributed by atoms with Crippen LogP contribution in [-0.4, -0.2) is 38.6 Å². The second kappa shape index (κ2) is 8.78. The van der Waals surface area contributed by atoms with E-state index >= 15 is 0 Å². The van der Waals surface area contributed by atoms with E-state index in [4.69, 9.17) is 18.8 Å². The van der Waals surface area contributed by atoms with Crippen molar-refractivity contribution in [2.45, 2.75) is 51.4 Å². The molecular weight excluding hydrogens is 401 g/mol. The molecule has 4 rings (SSSR count). The third kappa shape index (κ3) is 4.35. The maximum absolute atomic E-state index is 6.21. The third-order valence-corrected chi connectivity index (χ3v) is 6.61. The van der Waals surface area contributed by atoms with Crippen LogP contribution in [0.4, 0.5) is 11.4 Å². The Balaban J connectivity index is 1.64. The molecule has 0 spiro atoms. The van der Waals surface area contributed by atoms with Crippen LogP contribution in [0.5, 0.6) is 5.75 Å². The highest BCUT2D eigenvalue weighted by Crippen LogP contribution is 2.37. The summed E-state index contributed by atoms with van der Waals surface area (Å²) >= 11 is 0. The predicted octanol–water partition coefficient (Wildman–Crippen LogP) is 4.99. The van der Waals surface area contributed by atoms with Gasteiger partial charge in [0.2, 0.25) is 0 Å². The van der Waals surface area contributed by atoms with Crippen LogP contribution in [0.15, 0.2) is 72.5 Å². The maximum atomic E-state index is 6.21. The van der Waals surface area contributed by atoms with E-state index in [9.17, 15) is 0 Å². The molecule has 0 saturated carbocycles. The number of hydrogen-bond donors (Lipinski definition) is 0. The molecule has 2 aliphatic rings. The van der Waals surface area contributed by atoms with Gasteiger partial charge in [0.1, 0.15) is 5.75 Å². The molecule has 1 fully saturated rings. The zero-order valence-electron chi connectivity index (χ0n) is 19.8. The Hall–Kier alpha value is -2.54. The molecule has 2 aromatic rings. The summed E-state index contributed by atoms with van der Waals surface area (Å²) in [7, 11) is 3.04. The van der Waals surface area contributed by atoms with E-state index in [1.54, 1.807) is 14.2 Å². The molecule has 0 N–H and O–H groups in total. The summed E-state index contributed by atoms with van der Waals surface area (Å²) in [6.07, 6.45) is 7.37. The highest BCUT2D eigenvalue weighted by Gasteiger charge is 2.51. The molecule has 1 unspecified atom stereocenters. The van der Waals surface area contributed by atoms with Gasteiger partial charge in [0.25, 0.3) is 0 Å². The van der Waals surface area contributed by atoms with Crippen molar-refractivity contribution in [2.75, 3.05) is 19.1 Å². The van der Waals surface area contributed by atoms with Crippen LogP contribution in [0, 0.1) is 0 Å². The van der Waals surface area contributed by atoms with Gasteiger partial charge >= 0.3 is 7.12 Å². The van der Waals surface area contributed by atoms with Gasteiger partial charge in [0.15, 0.2) is 0 Å². The van der Waals surface area contributed by atoms with Crippen molar-refractivity contribution in [3.05, 3.63) is 72.5 Å². The highest BCUT2D eigenvalue weighted by atomic mass is 16.7.